The monoisotopic (exact) mass is 168 g/mol. The zero-order valence-electron chi connectivity index (χ0n) is 6.28. The molecule has 1 saturated heterocycles. The number of rotatable bonds is 2. The van der Waals surface area contributed by atoms with Crippen LogP contribution < -0.4 is 0 Å². The van der Waals surface area contributed by atoms with Crippen LogP contribution in [0.15, 0.2) is 12.4 Å². The third-order valence-corrected chi connectivity index (χ3v) is 2.16. The van der Waals surface area contributed by atoms with E-state index in [0.717, 1.165) is 0 Å². The maximum absolute atomic E-state index is 10.9. The van der Waals surface area contributed by atoms with Gasteiger partial charge in [0, 0.05) is 11.8 Å². The predicted molar refractivity (Wildman–Crippen MR) is 38.7 cm³/mol. The molecule has 1 aromatic heterocycles. The number of aliphatic carboxylic acids is 1. The molecule has 64 valence electrons. The Kier molecular flexibility index (Phi) is 1.41. The first-order valence-corrected chi connectivity index (χ1v) is 3.56. The molecule has 5 heteroatoms. The highest BCUT2D eigenvalue weighted by atomic mass is 16.5. The first-order valence-electron chi connectivity index (χ1n) is 3.56. The van der Waals surface area contributed by atoms with Crippen LogP contribution in [0.3, 0.4) is 0 Å². The van der Waals surface area contributed by atoms with Gasteiger partial charge in [0.2, 0.25) is 0 Å². The predicted octanol–water partition coefficient (Wildman–Crippen LogP) is -0.238. The summed E-state index contributed by atoms with van der Waals surface area (Å²) in [6.07, 6.45) is 3.12. The van der Waals surface area contributed by atoms with Gasteiger partial charge >= 0.3 is 5.97 Å². The number of H-pyrrole nitrogens is 1. The quantitative estimate of drug-likeness (QED) is 0.639. The van der Waals surface area contributed by atoms with Gasteiger partial charge in [-0.1, -0.05) is 0 Å². The van der Waals surface area contributed by atoms with Gasteiger partial charge in [-0.2, -0.15) is 5.10 Å². The maximum atomic E-state index is 10.9. The maximum Gasteiger partial charge on any atom is 0.319 e. The minimum atomic E-state index is -0.854. The van der Waals surface area contributed by atoms with Gasteiger partial charge in [-0.25, -0.2) is 0 Å². The number of hydrogen-bond donors (Lipinski definition) is 2. The highest BCUT2D eigenvalue weighted by molar-refractivity contribution is 5.82. The molecular formula is C7H8N2O3. The van der Waals surface area contributed by atoms with E-state index in [2.05, 4.69) is 10.2 Å². The van der Waals surface area contributed by atoms with Crippen molar-refractivity contribution < 1.29 is 14.6 Å². The molecule has 0 unspecified atom stereocenters. The SMILES string of the molecule is O=C(O)C1(c2cn[nH]c2)COC1. The molecule has 0 aromatic carbocycles. The van der Waals surface area contributed by atoms with Gasteiger partial charge in [-0.15, -0.1) is 0 Å². The lowest BCUT2D eigenvalue weighted by Gasteiger charge is -2.36. The number of nitrogens with one attached hydrogen (secondary N) is 1. The van der Waals surface area contributed by atoms with Crippen molar-refractivity contribution >= 4 is 5.97 Å². The second-order valence-electron chi connectivity index (χ2n) is 2.87. The summed E-state index contributed by atoms with van der Waals surface area (Å²) in [5.74, 6) is -0.852. The Morgan fingerprint density at radius 2 is 2.50 bits per heavy atom. The molecule has 2 N–H and O–H groups in total. The lowest BCUT2D eigenvalue weighted by atomic mass is 9.80. The van der Waals surface area contributed by atoms with Crippen molar-refractivity contribution in [2.24, 2.45) is 0 Å². The van der Waals surface area contributed by atoms with Crippen molar-refractivity contribution in [1.82, 2.24) is 10.2 Å². The van der Waals surface area contributed by atoms with Crippen molar-refractivity contribution in [3.63, 3.8) is 0 Å². The van der Waals surface area contributed by atoms with Crippen LogP contribution in [-0.4, -0.2) is 34.5 Å². The lowest BCUT2D eigenvalue weighted by Crippen LogP contribution is -2.52. The van der Waals surface area contributed by atoms with Crippen LogP contribution in [0.25, 0.3) is 0 Å². The van der Waals surface area contributed by atoms with Gasteiger partial charge in [0.1, 0.15) is 5.41 Å². The molecule has 0 aliphatic carbocycles. The Hall–Kier alpha value is -1.36. The molecule has 12 heavy (non-hydrogen) atoms. The van der Waals surface area contributed by atoms with E-state index in [0.29, 0.717) is 5.56 Å². The molecule has 0 amide bonds. The molecule has 1 fully saturated rings. The Morgan fingerprint density at radius 3 is 2.83 bits per heavy atom. The zero-order valence-corrected chi connectivity index (χ0v) is 6.28. The van der Waals surface area contributed by atoms with Gasteiger partial charge in [0.15, 0.2) is 0 Å². The van der Waals surface area contributed by atoms with Crippen molar-refractivity contribution in [3.8, 4) is 0 Å². The Morgan fingerprint density at radius 1 is 1.75 bits per heavy atom. The normalized spacial score (nSPS) is 20.0. The van der Waals surface area contributed by atoms with E-state index in [4.69, 9.17) is 9.84 Å². The second kappa shape index (κ2) is 2.31. The second-order valence-corrected chi connectivity index (χ2v) is 2.87. The van der Waals surface area contributed by atoms with Gasteiger partial charge < -0.3 is 9.84 Å². The fourth-order valence-electron chi connectivity index (χ4n) is 1.23. The highest BCUT2D eigenvalue weighted by Crippen LogP contribution is 2.31. The summed E-state index contributed by atoms with van der Waals surface area (Å²) in [7, 11) is 0. The molecule has 2 heterocycles. The topological polar surface area (TPSA) is 75.2 Å². The van der Waals surface area contributed by atoms with Crippen LogP contribution in [0, 0.1) is 0 Å². The summed E-state index contributed by atoms with van der Waals surface area (Å²) < 4.78 is 4.90. The van der Waals surface area contributed by atoms with Gasteiger partial charge in [-0.3, -0.25) is 9.89 Å². The summed E-state index contributed by atoms with van der Waals surface area (Å²) in [5, 5.41) is 15.2. The molecule has 2 rings (SSSR count). The van der Waals surface area contributed by atoms with Crippen LogP contribution in [0.2, 0.25) is 0 Å². The molecule has 1 aromatic rings. The number of carboxylic acids is 1. The van der Waals surface area contributed by atoms with Crippen LogP contribution in [0.5, 0.6) is 0 Å². The van der Waals surface area contributed by atoms with E-state index < -0.39 is 11.4 Å². The molecule has 5 nitrogen and oxygen atoms in total. The molecule has 0 bridgehead atoms. The summed E-state index contributed by atoms with van der Waals surface area (Å²) in [5.41, 5.74) is -0.172. The molecule has 1 aliphatic heterocycles. The van der Waals surface area contributed by atoms with Crippen molar-refractivity contribution in [1.29, 1.82) is 0 Å². The van der Waals surface area contributed by atoms with Crippen molar-refractivity contribution in [2.75, 3.05) is 13.2 Å². The molecule has 0 atom stereocenters. The minimum absolute atomic E-state index is 0.238. The minimum Gasteiger partial charge on any atom is -0.480 e. The Bertz CT molecular complexity index is 290. The highest BCUT2D eigenvalue weighted by Gasteiger charge is 2.48. The summed E-state index contributed by atoms with van der Waals surface area (Å²) in [6.45, 7) is 0.476. The van der Waals surface area contributed by atoms with E-state index in [1.807, 2.05) is 0 Å². The molecular weight excluding hydrogens is 160 g/mol. The van der Waals surface area contributed by atoms with E-state index in [9.17, 15) is 4.79 Å². The Labute approximate surface area is 68.4 Å². The van der Waals surface area contributed by atoms with Gasteiger partial charge in [-0.05, 0) is 0 Å². The number of hydrogen-bond acceptors (Lipinski definition) is 3. The van der Waals surface area contributed by atoms with Gasteiger partial charge in [0.05, 0.1) is 19.4 Å². The number of aromatic nitrogens is 2. The molecule has 1 aliphatic rings. The summed E-state index contributed by atoms with van der Waals surface area (Å²) >= 11 is 0. The lowest BCUT2D eigenvalue weighted by molar-refractivity contribution is -0.163. The van der Waals surface area contributed by atoms with Crippen molar-refractivity contribution in [3.05, 3.63) is 18.0 Å². The summed E-state index contributed by atoms with van der Waals surface area (Å²) in [4.78, 5) is 10.9. The van der Waals surface area contributed by atoms with E-state index in [-0.39, 0.29) is 13.2 Å². The van der Waals surface area contributed by atoms with Crippen LogP contribution >= 0.6 is 0 Å². The number of ether oxygens (including phenoxy) is 1. The largest absolute Gasteiger partial charge is 0.480 e. The molecule has 0 radical (unpaired) electrons. The van der Waals surface area contributed by atoms with E-state index in [1.54, 1.807) is 6.20 Å². The third-order valence-electron chi connectivity index (χ3n) is 2.16. The van der Waals surface area contributed by atoms with Crippen LogP contribution in [-0.2, 0) is 14.9 Å². The fraction of sp³-hybridized carbons (Fsp3) is 0.429. The first kappa shape index (κ1) is 7.30. The molecule has 0 saturated carbocycles. The molecule has 0 spiro atoms. The Balaban J connectivity index is 2.35. The standard InChI is InChI=1S/C7H8N2O3/c10-6(11)7(3-12-4-7)5-1-8-9-2-5/h1-2H,3-4H2,(H,8,9)(H,10,11). The van der Waals surface area contributed by atoms with E-state index >= 15 is 0 Å². The number of nitrogens with zero attached hydrogens (tertiary/aromatic N) is 1. The number of carbonyl (C=O) groups is 1. The first-order chi connectivity index (χ1) is 5.76. The van der Waals surface area contributed by atoms with Crippen molar-refractivity contribution in [2.45, 2.75) is 5.41 Å². The fourth-order valence-corrected chi connectivity index (χ4v) is 1.23. The average Bonchev–Trinajstić information content (AvgIpc) is 2.35. The zero-order chi connectivity index (χ0) is 8.60. The van der Waals surface area contributed by atoms with Crippen LogP contribution in [0.4, 0.5) is 0 Å². The van der Waals surface area contributed by atoms with Gasteiger partial charge in [0.25, 0.3) is 0 Å². The smallest absolute Gasteiger partial charge is 0.319 e. The average molecular weight is 168 g/mol. The number of aromatic amines is 1. The summed E-state index contributed by atoms with van der Waals surface area (Å²) in [6, 6.07) is 0. The number of carboxylic acid groups (broad SMARTS) is 1. The third kappa shape index (κ3) is 0.767. The van der Waals surface area contributed by atoms with Crippen LogP contribution in [0.1, 0.15) is 5.56 Å². The van der Waals surface area contributed by atoms with E-state index in [1.165, 1.54) is 6.20 Å².